The van der Waals surface area contributed by atoms with E-state index in [-0.39, 0.29) is 0 Å². The van der Waals surface area contributed by atoms with E-state index in [4.69, 9.17) is 26.4 Å². The Labute approximate surface area is 129 Å². The molecular weight excluding hydrogens is 284 g/mol. The van der Waals surface area contributed by atoms with Gasteiger partial charge < -0.3 is 14.2 Å². The van der Waals surface area contributed by atoms with E-state index in [0.717, 1.165) is 29.0 Å². The van der Waals surface area contributed by atoms with Crippen molar-refractivity contribution in [2.45, 2.75) is 19.6 Å². The summed E-state index contributed by atoms with van der Waals surface area (Å²) in [7, 11) is 0. The standard InChI is InChI=1S/C17H16O3S/c1-2-18-17(21)16-19-14-9-5-3-7-12(14)11-13-8-4-6-10-15(13)20-16/h3-10,16H,2,11H2,1H3. The number of thiocarbonyl (C=S) groups is 1. The molecule has 0 N–H and O–H groups in total. The number of hydrogen-bond acceptors (Lipinski definition) is 4. The molecule has 0 radical (unpaired) electrons. The highest BCUT2D eigenvalue weighted by molar-refractivity contribution is 7.80. The van der Waals surface area contributed by atoms with Crippen molar-refractivity contribution in [3.8, 4) is 11.5 Å². The first-order valence-corrected chi connectivity index (χ1v) is 7.34. The lowest BCUT2D eigenvalue weighted by Crippen LogP contribution is -2.35. The molecule has 108 valence electrons. The van der Waals surface area contributed by atoms with Crippen molar-refractivity contribution in [2.24, 2.45) is 0 Å². The Balaban J connectivity index is 2.02. The van der Waals surface area contributed by atoms with Crippen molar-refractivity contribution in [3.63, 3.8) is 0 Å². The average molecular weight is 300 g/mol. The quantitative estimate of drug-likeness (QED) is 0.790. The Morgan fingerprint density at radius 1 is 1.05 bits per heavy atom. The van der Waals surface area contributed by atoms with Crippen LogP contribution in [0.15, 0.2) is 48.5 Å². The molecule has 0 unspecified atom stereocenters. The number of rotatable bonds is 2. The van der Waals surface area contributed by atoms with Crippen molar-refractivity contribution in [1.82, 2.24) is 0 Å². The predicted octanol–water partition coefficient (Wildman–Crippen LogP) is 3.74. The fraction of sp³-hybridized carbons (Fsp3) is 0.235. The summed E-state index contributed by atoms with van der Waals surface area (Å²) in [6.07, 6.45) is 0.0445. The molecule has 0 bridgehead atoms. The Morgan fingerprint density at radius 2 is 1.57 bits per heavy atom. The van der Waals surface area contributed by atoms with Gasteiger partial charge in [-0.1, -0.05) is 36.4 Å². The van der Waals surface area contributed by atoms with Crippen molar-refractivity contribution >= 4 is 17.3 Å². The fourth-order valence-corrected chi connectivity index (χ4v) is 2.51. The van der Waals surface area contributed by atoms with Crippen LogP contribution < -0.4 is 9.47 Å². The van der Waals surface area contributed by atoms with Crippen LogP contribution in [0, 0.1) is 0 Å². The van der Waals surface area contributed by atoms with Crippen LogP contribution in [0.3, 0.4) is 0 Å². The highest BCUT2D eigenvalue weighted by Gasteiger charge is 2.25. The van der Waals surface area contributed by atoms with Crippen molar-refractivity contribution in [2.75, 3.05) is 6.61 Å². The monoisotopic (exact) mass is 300 g/mol. The summed E-state index contributed by atoms with van der Waals surface area (Å²) in [5, 5.41) is 0.309. The van der Waals surface area contributed by atoms with Gasteiger partial charge in [-0.2, -0.15) is 0 Å². The molecule has 3 rings (SSSR count). The van der Waals surface area contributed by atoms with Crippen LogP contribution in [0.1, 0.15) is 18.1 Å². The zero-order chi connectivity index (χ0) is 14.7. The first-order valence-electron chi connectivity index (χ1n) is 6.93. The summed E-state index contributed by atoms with van der Waals surface area (Å²) in [6, 6.07) is 15.8. The van der Waals surface area contributed by atoms with Gasteiger partial charge >= 0.3 is 6.29 Å². The van der Waals surface area contributed by atoms with E-state index in [0.29, 0.717) is 11.7 Å². The van der Waals surface area contributed by atoms with Crippen molar-refractivity contribution in [1.29, 1.82) is 0 Å². The first kappa shape index (κ1) is 13.9. The van der Waals surface area contributed by atoms with E-state index in [1.165, 1.54) is 0 Å². The number of hydrogen-bond donors (Lipinski definition) is 0. The Hall–Kier alpha value is -2.07. The van der Waals surface area contributed by atoms with Crippen LogP contribution >= 0.6 is 12.2 Å². The van der Waals surface area contributed by atoms with Crippen LogP contribution in [0.5, 0.6) is 11.5 Å². The average Bonchev–Trinajstić information content (AvgIpc) is 2.47. The summed E-state index contributed by atoms with van der Waals surface area (Å²) >= 11 is 5.26. The van der Waals surface area contributed by atoms with Crippen LogP contribution in [-0.2, 0) is 11.2 Å². The Morgan fingerprint density at radius 3 is 2.10 bits per heavy atom. The van der Waals surface area contributed by atoms with Gasteiger partial charge in [-0.05, 0) is 42.4 Å². The molecule has 3 nitrogen and oxygen atoms in total. The molecule has 1 heterocycles. The Kier molecular flexibility index (Phi) is 4.06. The highest BCUT2D eigenvalue weighted by Crippen LogP contribution is 2.31. The summed E-state index contributed by atoms with van der Waals surface area (Å²) in [5.41, 5.74) is 2.22. The summed E-state index contributed by atoms with van der Waals surface area (Å²) in [5.74, 6) is 1.55. The SMILES string of the molecule is CCOC(=S)C1Oc2ccccc2Cc2ccccc2O1. The van der Waals surface area contributed by atoms with Crippen molar-refractivity contribution in [3.05, 3.63) is 59.7 Å². The molecule has 0 aromatic heterocycles. The minimum absolute atomic E-state index is 0.309. The molecule has 0 spiro atoms. The second-order valence-electron chi connectivity index (χ2n) is 4.71. The number of ether oxygens (including phenoxy) is 3. The van der Waals surface area contributed by atoms with Gasteiger partial charge in [-0.3, -0.25) is 0 Å². The van der Waals surface area contributed by atoms with Gasteiger partial charge in [0.2, 0.25) is 5.05 Å². The minimum atomic E-state index is -0.720. The van der Waals surface area contributed by atoms with Crippen molar-refractivity contribution < 1.29 is 14.2 Å². The fourth-order valence-electron chi connectivity index (χ4n) is 2.30. The normalized spacial score (nSPS) is 13.8. The lowest BCUT2D eigenvalue weighted by atomic mass is 10.0. The number of para-hydroxylation sites is 2. The molecule has 0 aliphatic carbocycles. The molecule has 4 heteroatoms. The maximum atomic E-state index is 5.92. The smallest absolute Gasteiger partial charge is 0.310 e. The van der Waals surface area contributed by atoms with Gasteiger partial charge in [-0.15, -0.1) is 0 Å². The van der Waals surface area contributed by atoms with E-state index in [2.05, 4.69) is 12.1 Å². The van der Waals surface area contributed by atoms with E-state index < -0.39 is 6.29 Å². The Bertz CT molecular complexity index is 606. The number of fused-ring (bicyclic) bond motifs is 2. The molecule has 2 aromatic rings. The molecule has 1 aliphatic rings. The third-order valence-electron chi connectivity index (χ3n) is 3.27. The van der Waals surface area contributed by atoms with Gasteiger partial charge in [0.05, 0.1) is 6.61 Å². The maximum absolute atomic E-state index is 5.92. The lowest BCUT2D eigenvalue weighted by Gasteiger charge is -2.26. The van der Waals surface area contributed by atoms with Crippen LogP contribution in [0.4, 0.5) is 0 Å². The third kappa shape index (κ3) is 3.00. The van der Waals surface area contributed by atoms with Gasteiger partial charge in [0.15, 0.2) is 0 Å². The molecule has 2 aromatic carbocycles. The molecule has 0 amide bonds. The maximum Gasteiger partial charge on any atom is 0.310 e. The van der Waals surface area contributed by atoms with Gasteiger partial charge in [0, 0.05) is 6.42 Å². The van der Waals surface area contributed by atoms with E-state index in [1.807, 2.05) is 43.3 Å². The summed E-state index contributed by atoms with van der Waals surface area (Å²) in [6.45, 7) is 2.38. The third-order valence-corrected chi connectivity index (χ3v) is 3.58. The molecule has 0 saturated carbocycles. The summed E-state index contributed by atoms with van der Waals surface area (Å²) in [4.78, 5) is 0. The molecule has 0 fully saturated rings. The van der Waals surface area contributed by atoms with E-state index in [1.54, 1.807) is 0 Å². The van der Waals surface area contributed by atoms with E-state index >= 15 is 0 Å². The van der Waals surface area contributed by atoms with Gasteiger partial charge in [0.25, 0.3) is 0 Å². The minimum Gasteiger partial charge on any atom is -0.481 e. The largest absolute Gasteiger partial charge is 0.481 e. The summed E-state index contributed by atoms with van der Waals surface area (Å²) < 4.78 is 17.2. The zero-order valence-electron chi connectivity index (χ0n) is 11.7. The first-order chi connectivity index (χ1) is 10.3. The molecule has 1 aliphatic heterocycles. The van der Waals surface area contributed by atoms with Crippen LogP contribution in [0.2, 0.25) is 0 Å². The second-order valence-corrected chi connectivity index (χ2v) is 5.11. The lowest BCUT2D eigenvalue weighted by molar-refractivity contribution is 0.0423. The highest BCUT2D eigenvalue weighted by atomic mass is 32.1. The van der Waals surface area contributed by atoms with Crippen LogP contribution in [0.25, 0.3) is 0 Å². The molecule has 0 saturated heterocycles. The van der Waals surface area contributed by atoms with Gasteiger partial charge in [0.1, 0.15) is 11.5 Å². The van der Waals surface area contributed by atoms with Crippen LogP contribution in [-0.4, -0.2) is 17.9 Å². The molecule has 0 atom stereocenters. The zero-order valence-corrected chi connectivity index (χ0v) is 12.6. The molecule has 21 heavy (non-hydrogen) atoms. The molecular formula is C17H16O3S. The number of benzene rings is 2. The predicted molar refractivity (Wildman–Crippen MR) is 85.0 cm³/mol. The van der Waals surface area contributed by atoms with Gasteiger partial charge in [-0.25, -0.2) is 0 Å². The second kappa shape index (κ2) is 6.14. The topological polar surface area (TPSA) is 27.7 Å². The van der Waals surface area contributed by atoms with E-state index in [9.17, 15) is 0 Å².